The van der Waals surface area contributed by atoms with E-state index in [1.54, 1.807) is 30.5 Å². The number of halogens is 1. The molecule has 0 aliphatic carbocycles. The third-order valence-corrected chi connectivity index (χ3v) is 3.57. The maximum absolute atomic E-state index is 13.6. The summed E-state index contributed by atoms with van der Waals surface area (Å²) in [5.74, 6) is -0.214. The lowest BCUT2D eigenvalue weighted by molar-refractivity contribution is 0.0958. The van der Waals surface area contributed by atoms with Gasteiger partial charge >= 0.3 is 0 Å². The molecule has 0 aliphatic rings. The van der Waals surface area contributed by atoms with Crippen LogP contribution in [0.15, 0.2) is 36.4 Å². The van der Waals surface area contributed by atoms with Crippen molar-refractivity contribution >= 4 is 27.5 Å². The first kappa shape index (κ1) is 13.7. The largest absolute Gasteiger partial charge is 0.351 e. The monoisotopic (exact) mass is 279 g/mol. The summed E-state index contributed by atoms with van der Waals surface area (Å²) in [5, 5.41) is 3.69. The minimum atomic E-state index is -0.944. The first-order valence-electron chi connectivity index (χ1n) is 5.85. The fourth-order valence-electron chi connectivity index (χ4n) is 1.86. The summed E-state index contributed by atoms with van der Waals surface area (Å²) in [6, 6.07) is 9.60. The van der Waals surface area contributed by atoms with Crippen LogP contribution in [-0.2, 0) is 10.8 Å². The van der Waals surface area contributed by atoms with Gasteiger partial charge in [-0.2, -0.15) is 0 Å². The first-order valence-corrected chi connectivity index (χ1v) is 7.58. The molecule has 0 bridgehead atoms. The highest BCUT2D eigenvalue weighted by molar-refractivity contribution is 7.84. The molecule has 1 N–H and O–H groups in total. The van der Waals surface area contributed by atoms with Gasteiger partial charge < -0.3 is 5.32 Å². The number of hydrogen-bond donors (Lipinski definition) is 1. The number of rotatable bonds is 4. The quantitative estimate of drug-likeness (QED) is 0.931. The van der Waals surface area contributed by atoms with Crippen molar-refractivity contribution in [3.05, 3.63) is 47.8 Å². The van der Waals surface area contributed by atoms with Crippen molar-refractivity contribution < 1.29 is 13.4 Å². The Balaban J connectivity index is 2.27. The van der Waals surface area contributed by atoms with Gasteiger partial charge in [0.2, 0.25) is 0 Å². The predicted molar refractivity (Wildman–Crippen MR) is 75.2 cm³/mol. The molecular weight excluding hydrogens is 265 g/mol. The van der Waals surface area contributed by atoms with Crippen molar-refractivity contribution in [1.82, 2.24) is 5.32 Å². The number of fused-ring (bicyclic) bond motifs is 1. The maximum Gasteiger partial charge on any atom is 0.251 e. The van der Waals surface area contributed by atoms with Crippen molar-refractivity contribution in [2.24, 2.45) is 0 Å². The molecule has 0 saturated carbocycles. The van der Waals surface area contributed by atoms with Crippen LogP contribution in [0, 0.1) is 5.82 Å². The fraction of sp³-hybridized carbons (Fsp3) is 0.214. The molecule has 0 heterocycles. The molecule has 0 saturated heterocycles. The average Bonchev–Trinajstić information content (AvgIpc) is 2.39. The maximum atomic E-state index is 13.6. The standard InChI is InChI=1S/C14H14FNO2S/c1-19(18)9-8-16-14(17)12-6-7-13(15)11-5-3-2-4-10(11)12/h2-7H,8-9H2,1H3,(H,16,17). The Kier molecular flexibility index (Phi) is 4.27. The second-order valence-corrected chi connectivity index (χ2v) is 5.73. The number of hydrogen-bond acceptors (Lipinski definition) is 2. The highest BCUT2D eigenvalue weighted by Gasteiger charge is 2.11. The molecule has 2 aromatic carbocycles. The molecule has 0 fully saturated rings. The van der Waals surface area contributed by atoms with Crippen molar-refractivity contribution in [3.63, 3.8) is 0 Å². The minimum Gasteiger partial charge on any atom is -0.351 e. The normalized spacial score (nSPS) is 12.3. The third-order valence-electron chi connectivity index (χ3n) is 2.79. The van der Waals surface area contributed by atoms with E-state index in [1.807, 2.05) is 0 Å². The van der Waals surface area contributed by atoms with Gasteiger partial charge in [-0.05, 0) is 17.5 Å². The Bertz CT molecular complexity index is 642. The highest BCUT2D eigenvalue weighted by Crippen LogP contribution is 2.21. The van der Waals surface area contributed by atoms with E-state index < -0.39 is 10.8 Å². The van der Waals surface area contributed by atoms with Crippen LogP contribution in [-0.4, -0.2) is 28.7 Å². The van der Waals surface area contributed by atoms with Gasteiger partial charge in [-0.15, -0.1) is 0 Å². The Hall–Kier alpha value is -1.75. The molecule has 2 aromatic rings. The smallest absolute Gasteiger partial charge is 0.251 e. The summed E-state index contributed by atoms with van der Waals surface area (Å²) in [4.78, 5) is 12.0. The first-order chi connectivity index (χ1) is 9.09. The van der Waals surface area contributed by atoms with Crippen molar-refractivity contribution in [2.75, 3.05) is 18.6 Å². The van der Waals surface area contributed by atoms with E-state index >= 15 is 0 Å². The van der Waals surface area contributed by atoms with E-state index in [9.17, 15) is 13.4 Å². The van der Waals surface area contributed by atoms with Gasteiger partial charge in [-0.3, -0.25) is 9.00 Å². The van der Waals surface area contributed by atoms with Crippen LogP contribution in [0.3, 0.4) is 0 Å². The highest BCUT2D eigenvalue weighted by atomic mass is 32.2. The van der Waals surface area contributed by atoms with Crippen LogP contribution < -0.4 is 5.32 Å². The predicted octanol–water partition coefficient (Wildman–Crippen LogP) is 2.09. The number of amides is 1. The average molecular weight is 279 g/mol. The van der Waals surface area contributed by atoms with Crippen LogP contribution in [0.2, 0.25) is 0 Å². The molecule has 2 rings (SSSR count). The molecule has 3 nitrogen and oxygen atoms in total. The van der Waals surface area contributed by atoms with Gasteiger partial charge in [0.05, 0.1) is 0 Å². The Morgan fingerprint density at radius 1 is 1.21 bits per heavy atom. The van der Waals surface area contributed by atoms with Crippen LogP contribution in [0.1, 0.15) is 10.4 Å². The van der Waals surface area contributed by atoms with Gasteiger partial charge in [0.25, 0.3) is 5.91 Å². The number of carbonyl (C=O) groups is 1. The summed E-state index contributed by atoms with van der Waals surface area (Å²) in [6.45, 7) is 0.341. The molecule has 0 spiro atoms. The molecular formula is C14H14FNO2S. The van der Waals surface area contributed by atoms with Gasteiger partial charge in [0.15, 0.2) is 0 Å². The lowest BCUT2D eigenvalue weighted by Crippen LogP contribution is -2.27. The lowest BCUT2D eigenvalue weighted by Gasteiger charge is -2.08. The van der Waals surface area contributed by atoms with Gasteiger partial charge in [-0.25, -0.2) is 4.39 Å². The molecule has 0 radical (unpaired) electrons. The summed E-state index contributed by atoms with van der Waals surface area (Å²) >= 11 is 0. The summed E-state index contributed by atoms with van der Waals surface area (Å²) in [6.07, 6.45) is 1.58. The van der Waals surface area contributed by atoms with Crippen LogP contribution >= 0.6 is 0 Å². The zero-order chi connectivity index (χ0) is 13.8. The second-order valence-electron chi connectivity index (χ2n) is 4.17. The zero-order valence-electron chi connectivity index (χ0n) is 10.5. The zero-order valence-corrected chi connectivity index (χ0v) is 11.3. The lowest BCUT2D eigenvalue weighted by atomic mass is 10.0. The third kappa shape index (κ3) is 3.17. The Morgan fingerprint density at radius 2 is 1.89 bits per heavy atom. The second kappa shape index (κ2) is 5.93. The molecule has 5 heteroatoms. The van der Waals surface area contributed by atoms with E-state index in [0.717, 1.165) is 0 Å². The van der Waals surface area contributed by atoms with E-state index in [1.165, 1.54) is 12.1 Å². The van der Waals surface area contributed by atoms with Crippen LogP contribution in [0.4, 0.5) is 4.39 Å². The number of benzene rings is 2. The molecule has 1 unspecified atom stereocenters. The molecule has 100 valence electrons. The summed E-state index contributed by atoms with van der Waals surface area (Å²) in [5.41, 5.74) is 0.430. The Morgan fingerprint density at radius 3 is 2.58 bits per heavy atom. The minimum absolute atomic E-state index is 0.276. The Labute approximate surface area is 113 Å². The van der Waals surface area contributed by atoms with Gasteiger partial charge in [-0.1, -0.05) is 24.3 Å². The summed E-state index contributed by atoms with van der Waals surface area (Å²) in [7, 11) is -0.944. The molecule has 0 aliphatic heterocycles. The van der Waals surface area contributed by atoms with Gasteiger partial charge in [0, 0.05) is 40.3 Å². The number of carbonyl (C=O) groups excluding carboxylic acids is 1. The van der Waals surface area contributed by atoms with Crippen molar-refractivity contribution in [1.29, 1.82) is 0 Å². The number of nitrogens with one attached hydrogen (secondary N) is 1. The van der Waals surface area contributed by atoms with Crippen LogP contribution in [0.5, 0.6) is 0 Å². The summed E-state index contributed by atoms with van der Waals surface area (Å²) < 4.78 is 24.5. The van der Waals surface area contributed by atoms with Gasteiger partial charge in [0.1, 0.15) is 5.82 Å². The topological polar surface area (TPSA) is 46.2 Å². The SMILES string of the molecule is CS(=O)CCNC(=O)c1ccc(F)c2ccccc12. The van der Waals surface area contributed by atoms with Crippen LogP contribution in [0.25, 0.3) is 10.8 Å². The van der Waals surface area contributed by atoms with E-state index in [4.69, 9.17) is 0 Å². The van der Waals surface area contributed by atoms with E-state index in [0.29, 0.717) is 28.6 Å². The van der Waals surface area contributed by atoms with Crippen molar-refractivity contribution in [3.8, 4) is 0 Å². The van der Waals surface area contributed by atoms with Crippen molar-refractivity contribution in [2.45, 2.75) is 0 Å². The molecule has 0 aromatic heterocycles. The molecule has 1 amide bonds. The fourth-order valence-corrected chi connectivity index (χ4v) is 2.25. The van der Waals surface area contributed by atoms with E-state index in [-0.39, 0.29) is 11.7 Å². The molecule has 19 heavy (non-hydrogen) atoms. The van der Waals surface area contributed by atoms with E-state index in [2.05, 4.69) is 5.32 Å². The molecule has 1 atom stereocenters.